The molecule has 2 aromatic rings. The summed E-state index contributed by atoms with van der Waals surface area (Å²) in [7, 11) is 0. The lowest BCUT2D eigenvalue weighted by Gasteiger charge is -1.98. The third kappa shape index (κ3) is 2.20. The Morgan fingerprint density at radius 1 is 1.25 bits per heavy atom. The number of rotatable bonds is 3. The fourth-order valence-corrected chi connectivity index (χ4v) is 1.31. The average molecular weight is 214 g/mol. The Kier molecular flexibility index (Phi) is 2.87. The Hall–Kier alpha value is -2.29. The topological polar surface area (TPSA) is 50.4 Å². The predicted molar refractivity (Wildman–Crippen MR) is 60.2 cm³/mol. The van der Waals surface area contributed by atoms with E-state index >= 15 is 0 Å². The van der Waals surface area contributed by atoms with Crippen LogP contribution in [0.1, 0.15) is 15.9 Å². The molecule has 0 fully saturated rings. The van der Waals surface area contributed by atoms with Gasteiger partial charge in [0.25, 0.3) is 0 Å². The summed E-state index contributed by atoms with van der Waals surface area (Å²) in [5, 5.41) is 9.46. The standard InChI is InChI=1S/C13H10O3/c14-12-4-2-1-3-11(12)13(15)6-5-10-7-8-16-9-10/h1-9,14H/b6-5-. The fourth-order valence-electron chi connectivity index (χ4n) is 1.31. The summed E-state index contributed by atoms with van der Waals surface area (Å²) >= 11 is 0. The molecule has 0 aliphatic heterocycles. The monoisotopic (exact) mass is 214 g/mol. The van der Waals surface area contributed by atoms with Gasteiger partial charge in [0, 0.05) is 5.56 Å². The smallest absolute Gasteiger partial charge is 0.189 e. The summed E-state index contributed by atoms with van der Waals surface area (Å²) in [5.74, 6) is -0.247. The number of carbonyl (C=O) groups is 1. The third-order valence-corrected chi connectivity index (χ3v) is 2.14. The molecule has 0 aliphatic rings. The highest BCUT2D eigenvalue weighted by molar-refractivity contribution is 6.08. The molecule has 1 N–H and O–H groups in total. The Morgan fingerprint density at radius 2 is 2.06 bits per heavy atom. The number of benzene rings is 1. The van der Waals surface area contributed by atoms with Crippen molar-refractivity contribution in [3.05, 3.63) is 60.1 Å². The minimum atomic E-state index is -0.237. The second-order valence-electron chi connectivity index (χ2n) is 3.27. The van der Waals surface area contributed by atoms with Crippen LogP contribution >= 0.6 is 0 Å². The Morgan fingerprint density at radius 3 is 2.75 bits per heavy atom. The Labute approximate surface area is 92.6 Å². The van der Waals surface area contributed by atoms with Crippen LogP contribution in [0.4, 0.5) is 0 Å². The summed E-state index contributed by atoms with van der Waals surface area (Å²) in [5.41, 5.74) is 1.10. The zero-order chi connectivity index (χ0) is 11.4. The van der Waals surface area contributed by atoms with E-state index in [0.29, 0.717) is 5.56 Å². The van der Waals surface area contributed by atoms with Crippen molar-refractivity contribution < 1.29 is 14.3 Å². The molecule has 1 heterocycles. The van der Waals surface area contributed by atoms with Gasteiger partial charge in [-0.15, -0.1) is 0 Å². The predicted octanol–water partition coefficient (Wildman–Crippen LogP) is 2.88. The third-order valence-electron chi connectivity index (χ3n) is 2.14. The van der Waals surface area contributed by atoms with Crippen LogP contribution in [0, 0.1) is 0 Å². The molecule has 0 bridgehead atoms. The number of carbonyl (C=O) groups excluding carboxylic acids is 1. The molecule has 2 rings (SSSR count). The van der Waals surface area contributed by atoms with Crippen LogP contribution in [0.25, 0.3) is 6.08 Å². The van der Waals surface area contributed by atoms with E-state index in [4.69, 9.17) is 4.42 Å². The molecule has 3 nitrogen and oxygen atoms in total. The van der Waals surface area contributed by atoms with Gasteiger partial charge in [0.2, 0.25) is 0 Å². The van der Waals surface area contributed by atoms with Crippen molar-refractivity contribution in [3.63, 3.8) is 0 Å². The number of hydrogen-bond donors (Lipinski definition) is 1. The van der Waals surface area contributed by atoms with Crippen molar-refractivity contribution in [1.29, 1.82) is 0 Å². The molecule has 0 atom stereocenters. The summed E-state index contributed by atoms with van der Waals surface area (Å²) in [6, 6.07) is 8.19. The van der Waals surface area contributed by atoms with Crippen LogP contribution in [0.5, 0.6) is 5.75 Å². The summed E-state index contributed by atoms with van der Waals surface area (Å²) < 4.78 is 4.86. The van der Waals surface area contributed by atoms with Gasteiger partial charge in [-0.3, -0.25) is 4.79 Å². The molecule has 0 amide bonds. The van der Waals surface area contributed by atoms with E-state index < -0.39 is 0 Å². The maximum absolute atomic E-state index is 11.7. The molecule has 0 spiro atoms. The second-order valence-corrected chi connectivity index (χ2v) is 3.27. The number of allylic oxidation sites excluding steroid dienone is 1. The molecular formula is C13H10O3. The molecule has 1 aromatic carbocycles. The first-order valence-electron chi connectivity index (χ1n) is 4.80. The molecule has 16 heavy (non-hydrogen) atoms. The lowest BCUT2D eigenvalue weighted by molar-refractivity contribution is 0.104. The summed E-state index contributed by atoms with van der Waals surface area (Å²) in [4.78, 5) is 11.7. The van der Waals surface area contributed by atoms with Gasteiger partial charge in [-0.1, -0.05) is 12.1 Å². The number of phenolic OH excluding ortho intramolecular Hbond substituents is 1. The first kappa shape index (κ1) is 10.2. The van der Waals surface area contributed by atoms with Gasteiger partial charge in [-0.25, -0.2) is 0 Å². The molecule has 3 heteroatoms. The SMILES string of the molecule is O=C(/C=C\c1ccoc1)c1ccccc1O. The van der Waals surface area contributed by atoms with Crippen LogP contribution in [-0.4, -0.2) is 10.9 Å². The lowest BCUT2D eigenvalue weighted by atomic mass is 10.1. The van der Waals surface area contributed by atoms with Crippen molar-refractivity contribution in [1.82, 2.24) is 0 Å². The zero-order valence-corrected chi connectivity index (χ0v) is 8.46. The van der Waals surface area contributed by atoms with Crippen molar-refractivity contribution in [3.8, 4) is 5.75 Å². The van der Waals surface area contributed by atoms with Gasteiger partial charge >= 0.3 is 0 Å². The van der Waals surface area contributed by atoms with Gasteiger partial charge < -0.3 is 9.52 Å². The van der Waals surface area contributed by atoms with Crippen molar-refractivity contribution >= 4 is 11.9 Å². The summed E-state index contributed by atoms with van der Waals surface area (Å²) in [6.07, 6.45) is 6.11. The van der Waals surface area contributed by atoms with Gasteiger partial charge in [-0.05, 0) is 30.4 Å². The van der Waals surface area contributed by atoms with E-state index in [9.17, 15) is 9.90 Å². The van der Waals surface area contributed by atoms with Crippen LogP contribution in [0.15, 0.2) is 53.4 Å². The van der Waals surface area contributed by atoms with Crippen molar-refractivity contribution in [2.45, 2.75) is 0 Å². The Bertz CT molecular complexity index is 510. The van der Waals surface area contributed by atoms with Crippen LogP contribution in [0.3, 0.4) is 0 Å². The largest absolute Gasteiger partial charge is 0.507 e. The van der Waals surface area contributed by atoms with Gasteiger partial charge in [0.1, 0.15) is 5.75 Å². The minimum Gasteiger partial charge on any atom is -0.507 e. The van der Waals surface area contributed by atoms with Crippen LogP contribution in [-0.2, 0) is 0 Å². The number of ketones is 1. The van der Waals surface area contributed by atoms with Crippen LogP contribution in [0.2, 0.25) is 0 Å². The van der Waals surface area contributed by atoms with E-state index in [1.807, 2.05) is 0 Å². The summed E-state index contributed by atoms with van der Waals surface area (Å²) in [6.45, 7) is 0. The van der Waals surface area contributed by atoms with Gasteiger partial charge in [0.15, 0.2) is 5.78 Å². The maximum atomic E-state index is 11.7. The molecule has 0 saturated heterocycles. The molecule has 0 unspecified atom stereocenters. The number of hydrogen-bond acceptors (Lipinski definition) is 3. The Balaban J connectivity index is 2.18. The molecule has 1 aromatic heterocycles. The van der Waals surface area contributed by atoms with Crippen molar-refractivity contribution in [2.75, 3.05) is 0 Å². The highest BCUT2D eigenvalue weighted by Crippen LogP contribution is 2.17. The van der Waals surface area contributed by atoms with E-state index in [-0.39, 0.29) is 11.5 Å². The fraction of sp³-hybridized carbons (Fsp3) is 0. The number of phenols is 1. The molecule has 0 saturated carbocycles. The molecule has 80 valence electrons. The minimum absolute atomic E-state index is 0.00987. The normalized spacial score (nSPS) is 10.8. The average Bonchev–Trinajstić information content (AvgIpc) is 2.79. The highest BCUT2D eigenvalue weighted by Gasteiger charge is 2.06. The van der Waals surface area contributed by atoms with Gasteiger partial charge in [-0.2, -0.15) is 0 Å². The van der Waals surface area contributed by atoms with E-state index in [2.05, 4.69) is 0 Å². The quantitative estimate of drug-likeness (QED) is 0.631. The lowest BCUT2D eigenvalue weighted by Crippen LogP contribution is -1.93. The number of para-hydroxylation sites is 1. The zero-order valence-electron chi connectivity index (χ0n) is 8.46. The molecule has 0 radical (unpaired) electrons. The highest BCUT2D eigenvalue weighted by atomic mass is 16.3. The second kappa shape index (κ2) is 4.49. The molecular weight excluding hydrogens is 204 g/mol. The van der Waals surface area contributed by atoms with Gasteiger partial charge in [0.05, 0.1) is 18.1 Å². The van der Waals surface area contributed by atoms with Crippen molar-refractivity contribution in [2.24, 2.45) is 0 Å². The number of aromatic hydroxyl groups is 1. The van der Waals surface area contributed by atoms with E-state index in [1.54, 1.807) is 30.3 Å². The molecule has 0 aliphatic carbocycles. The number of furan rings is 1. The van der Waals surface area contributed by atoms with E-state index in [1.165, 1.54) is 24.7 Å². The first-order chi connectivity index (χ1) is 7.77. The first-order valence-corrected chi connectivity index (χ1v) is 4.80. The maximum Gasteiger partial charge on any atom is 0.189 e. The van der Waals surface area contributed by atoms with Crippen LogP contribution < -0.4 is 0 Å². The van der Waals surface area contributed by atoms with E-state index in [0.717, 1.165) is 5.56 Å².